The Bertz CT molecular complexity index is 2250. The van der Waals surface area contributed by atoms with Crippen molar-refractivity contribution < 1.29 is 0 Å². The first kappa shape index (κ1) is 25.8. The summed E-state index contributed by atoms with van der Waals surface area (Å²) in [5.41, 5.74) is 9.53. The lowest BCUT2D eigenvalue weighted by atomic mass is 9.98. The number of hydrogen-bond acceptors (Lipinski definition) is 3. The molecule has 0 bridgehead atoms. The first-order valence-corrected chi connectivity index (χ1v) is 14.8. The molecule has 0 fully saturated rings. The maximum Gasteiger partial charge on any atom is 0.160 e. The molecule has 0 atom stereocenters. The Balaban J connectivity index is 1.21. The third-order valence-corrected chi connectivity index (χ3v) is 8.19. The highest BCUT2D eigenvalue weighted by Crippen LogP contribution is 2.33. The van der Waals surface area contributed by atoms with E-state index in [0.29, 0.717) is 5.82 Å². The minimum Gasteiger partial charge on any atom is -0.264 e. The molecule has 0 unspecified atom stereocenters. The van der Waals surface area contributed by atoms with Crippen molar-refractivity contribution in [1.29, 1.82) is 0 Å². The van der Waals surface area contributed by atoms with E-state index in [1.54, 1.807) is 6.20 Å². The zero-order valence-corrected chi connectivity index (χ0v) is 23.9. The normalized spacial score (nSPS) is 11.2. The van der Waals surface area contributed by atoms with Crippen LogP contribution in [0, 0.1) is 0 Å². The third kappa shape index (κ3) is 4.91. The molecule has 44 heavy (non-hydrogen) atoms. The zero-order valence-electron chi connectivity index (χ0n) is 23.9. The molecule has 8 aromatic rings. The lowest BCUT2D eigenvalue weighted by Gasteiger charge is -2.12. The maximum atomic E-state index is 5.14. The molecule has 0 saturated carbocycles. The summed E-state index contributed by atoms with van der Waals surface area (Å²) in [5, 5.41) is 4.74. The van der Waals surface area contributed by atoms with E-state index in [1.165, 1.54) is 27.1 Å². The fraction of sp³-hybridized carbons (Fsp3) is 0. The molecule has 3 heteroatoms. The quantitative estimate of drug-likeness (QED) is 0.210. The van der Waals surface area contributed by atoms with Crippen LogP contribution in [0.15, 0.2) is 164 Å². The van der Waals surface area contributed by atoms with Crippen molar-refractivity contribution in [3.8, 4) is 56.2 Å². The summed E-state index contributed by atoms with van der Waals surface area (Å²) < 4.78 is 0. The molecule has 0 saturated heterocycles. The van der Waals surface area contributed by atoms with Crippen LogP contribution in [0.5, 0.6) is 0 Å². The third-order valence-electron chi connectivity index (χ3n) is 8.19. The summed E-state index contributed by atoms with van der Waals surface area (Å²) in [4.78, 5) is 14.5. The SMILES string of the molecule is c1cncc(-c2ccc(-c3ccc(-c4cc(-c5cccc6ccccc56)nc(-c5ccc6ccccc6c5)n4)cc3)cc2)c1. The molecule has 0 aliphatic heterocycles. The van der Waals surface area contributed by atoms with E-state index in [-0.39, 0.29) is 0 Å². The van der Waals surface area contributed by atoms with Gasteiger partial charge in [-0.3, -0.25) is 4.98 Å². The fourth-order valence-corrected chi connectivity index (χ4v) is 5.86. The van der Waals surface area contributed by atoms with Crippen molar-refractivity contribution >= 4 is 21.5 Å². The number of rotatable bonds is 5. The van der Waals surface area contributed by atoms with Gasteiger partial charge in [0.05, 0.1) is 11.4 Å². The zero-order chi connectivity index (χ0) is 29.3. The Morgan fingerprint density at radius 1 is 0.364 bits per heavy atom. The van der Waals surface area contributed by atoms with Gasteiger partial charge in [-0.2, -0.15) is 0 Å². The summed E-state index contributed by atoms with van der Waals surface area (Å²) in [7, 11) is 0. The van der Waals surface area contributed by atoms with E-state index in [4.69, 9.17) is 9.97 Å². The van der Waals surface area contributed by atoms with E-state index < -0.39 is 0 Å². The molecule has 206 valence electrons. The summed E-state index contributed by atoms with van der Waals surface area (Å²) in [6, 6.07) is 53.2. The van der Waals surface area contributed by atoms with E-state index in [2.05, 4.69) is 151 Å². The summed E-state index contributed by atoms with van der Waals surface area (Å²) >= 11 is 0. The van der Waals surface area contributed by atoms with Gasteiger partial charge in [0.25, 0.3) is 0 Å². The fourth-order valence-electron chi connectivity index (χ4n) is 5.86. The van der Waals surface area contributed by atoms with Crippen LogP contribution in [0.1, 0.15) is 0 Å². The van der Waals surface area contributed by atoms with Crippen LogP contribution in [0.3, 0.4) is 0 Å². The van der Waals surface area contributed by atoms with Gasteiger partial charge in [-0.05, 0) is 62.0 Å². The van der Waals surface area contributed by atoms with Crippen LogP contribution in [-0.2, 0) is 0 Å². The van der Waals surface area contributed by atoms with E-state index in [9.17, 15) is 0 Å². The van der Waals surface area contributed by atoms with Gasteiger partial charge in [0.1, 0.15) is 0 Å². The molecule has 2 heterocycles. The van der Waals surface area contributed by atoms with Crippen LogP contribution >= 0.6 is 0 Å². The van der Waals surface area contributed by atoms with Gasteiger partial charge in [0, 0.05) is 29.1 Å². The van der Waals surface area contributed by atoms with Crippen molar-refractivity contribution in [3.05, 3.63) is 164 Å². The van der Waals surface area contributed by atoms with E-state index in [1.807, 2.05) is 12.3 Å². The van der Waals surface area contributed by atoms with Crippen molar-refractivity contribution in [1.82, 2.24) is 15.0 Å². The number of hydrogen-bond donors (Lipinski definition) is 0. The van der Waals surface area contributed by atoms with Gasteiger partial charge >= 0.3 is 0 Å². The Morgan fingerprint density at radius 2 is 0.977 bits per heavy atom. The Kier molecular flexibility index (Phi) is 6.47. The van der Waals surface area contributed by atoms with Crippen molar-refractivity contribution in [2.75, 3.05) is 0 Å². The number of benzene rings is 6. The molecule has 6 aromatic carbocycles. The second-order valence-electron chi connectivity index (χ2n) is 10.9. The second kappa shape index (κ2) is 11.0. The maximum absolute atomic E-state index is 5.14. The molecule has 8 rings (SSSR count). The summed E-state index contributed by atoms with van der Waals surface area (Å²) in [5.74, 6) is 0.714. The predicted molar refractivity (Wildman–Crippen MR) is 182 cm³/mol. The Labute approximate surface area is 256 Å². The van der Waals surface area contributed by atoms with Crippen LogP contribution in [0.25, 0.3) is 77.7 Å². The lowest BCUT2D eigenvalue weighted by molar-refractivity contribution is 1.19. The van der Waals surface area contributed by atoms with Gasteiger partial charge in [-0.15, -0.1) is 0 Å². The van der Waals surface area contributed by atoms with E-state index in [0.717, 1.165) is 44.8 Å². The van der Waals surface area contributed by atoms with Crippen LogP contribution in [-0.4, -0.2) is 15.0 Å². The number of nitrogens with zero attached hydrogens (tertiary/aromatic N) is 3. The van der Waals surface area contributed by atoms with Crippen LogP contribution in [0.4, 0.5) is 0 Å². The smallest absolute Gasteiger partial charge is 0.160 e. The average molecular weight is 562 g/mol. The molecule has 0 aliphatic carbocycles. The molecule has 3 nitrogen and oxygen atoms in total. The van der Waals surface area contributed by atoms with Crippen molar-refractivity contribution in [2.45, 2.75) is 0 Å². The molecule has 0 amide bonds. The average Bonchev–Trinajstić information content (AvgIpc) is 3.11. The highest BCUT2D eigenvalue weighted by molar-refractivity contribution is 5.96. The number of fused-ring (bicyclic) bond motifs is 2. The second-order valence-corrected chi connectivity index (χ2v) is 10.9. The Morgan fingerprint density at radius 3 is 1.73 bits per heavy atom. The number of pyridine rings is 1. The topological polar surface area (TPSA) is 38.7 Å². The minimum absolute atomic E-state index is 0.714. The highest BCUT2D eigenvalue weighted by Gasteiger charge is 2.13. The van der Waals surface area contributed by atoms with Gasteiger partial charge in [0.2, 0.25) is 0 Å². The Hall–Kier alpha value is -5.93. The van der Waals surface area contributed by atoms with Gasteiger partial charge < -0.3 is 0 Å². The molecular formula is C41H27N3. The van der Waals surface area contributed by atoms with Crippen molar-refractivity contribution in [2.24, 2.45) is 0 Å². The molecule has 2 aromatic heterocycles. The highest BCUT2D eigenvalue weighted by atomic mass is 14.9. The van der Waals surface area contributed by atoms with Gasteiger partial charge in [-0.25, -0.2) is 9.97 Å². The van der Waals surface area contributed by atoms with E-state index >= 15 is 0 Å². The molecule has 0 N–H and O–H groups in total. The predicted octanol–water partition coefficient (Wildman–Crippen LogP) is 10.5. The van der Waals surface area contributed by atoms with Gasteiger partial charge in [-0.1, -0.05) is 133 Å². The summed E-state index contributed by atoms with van der Waals surface area (Å²) in [6.07, 6.45) is 3.69. The minimum atomic E-state index is 0.714. The molecular weight excluding hydrogens is 534 g/mol. The standard InChI is InChI=1S/C41H27N3/c1-2-9-34-25-35(23-20-28(34)7-1)41-43-39(26-40(44-41)38-13-5-10-32-8-3-4-12-37(32)38)33-21-18-30(19-22-33)29-14-16-31(17-15-29)36-11-6-24-42-27-36/h1-27H. The monoisotopic (exact) mass is 561 g/mol. The van der Waals surface area contributed by atoms with Crippen LogP contribution in [0.2, 0.25) is 0 Å². The number of aromatic nitrogens is 3. The lowest BCUT2D eigenvalue weighted by Crippen LogP contribution is -1.96. The van der Waals surface area contributed by atoms with Crippen molar-refractivity contribution in [3.63, 3.8) is 0 Å². The molecule has 0 spiro atoms. The first-order chi connectivity index (χ1) is 21.8. The summed E-state index contributed by atoms with van der Waals surface area (Å²) in [6.45, 7) is 0. The van der Waals surface area contributed by atoms with Gasteiger partial charge in [0.15, 0.2) is 5.82 Å². The van der Waals surface area contributed by atoms with Crippen LogP contribution < -0.4 is 0 Å². The largest absolute Gasteiger partial charge is 0.264 e. The molecule has 0 aliphatic rings. The molecule has 0 radical (unpaired) electrons. The first-order valence-electron chi connectivity index (χ1n) is 14.8.